The first-order valence-corrected chi connectivity index (χ1v) is 7.12. The zero-order valence-corrected chi connectivity index (χ0v) is 11.9. The van der Waals surface area contributed by atoms with Gasteiger partial charge in [0.25, 0.3) is 0 Å². The van der Waals surface area contributed by atoms with Crippen LogP contribution in [0.15, 0.2) is 30.3 Å². The molecule has 0 aliphatic heterocycles. The average molecular weight is 260 g/mol. The third kappa shape index (κ3) is 4.06. The number of hydrogen-bond acceptors (Lipinski definition) is 2. The summed E-state index contributed by atoms with van der Waals surface area (Å²) in [4.78, 5) is 13.9. The molecule has 1 fully saturated rings. The van der Waals surface area contributed by atoms with E-state index in [0.29, 0.717) is 12.3 Å². The molecule has 3 atom stereocenters. The quantitative estimate of drug-likeness (QED) is 0.851. The van der Waals surface area contributed by atoms with E-state index in [0.717, 1.165) is 18.9 Å². The molecule has 19 heavy (non-hydrogen) atoms. The van der Waals surface area contributed by atoms with E-state index >= 15 is 0 Å². The maximum atomic E-state index is 12.1. The van der Waals surface area contributed by atoms with Gasteiger partial charge in [0, 0.05) is 13.6 Å². The first-order chi connectivity index (χ1) is 9.08. The lowest BCUT2D eigenvalue weighted by Crippen LogP contribution is -2.42. The van der Waals surface area contributed by atoms with Gasteiger partial charge in [0.2, 0.25) is 5.91 Å². The van der Waals surface area contributed by atoms with Crippen LogP contribution in [0.4, 0.5) is 0 Å². The van der Waals surface area contributed by atoms with Gasteiger partial charge in [0.15, 0.2) is 0 Å². The monoisotopic (exact) mass is 260 g/mol. The van der Waals surface area contributed by atoms with Crippen molar-refractivity contribution in [2.75, 3.05) is 13.6 Å². The van der Waals surface area contributed by atoms with Crippen LogP contribution in [0.2, 0.25) is 0 Å². The maximum absolute atomic E-state index is 12.1. The van der Waals surface area contributed by atoms with Crippen LogP contribution in [0.5, 0.6) is 0 Å². The first kappa shape index (κ1) is 14.1. The van der Waals surface area contributed by atoms with Gasteiger partial charge in [-0.1, -0.05) is 37.3 Å². The Kier molecular flexibility index (Phi) is 4.59. The van der Waals surface area contributed by atoms with Crippen LogP contribution in [0, 0.1) is 11.8 Å². The number of hydrogen-bond donors (Lipinski definition) is 1. The SMILES string of the molecule is CC1CC1CN(C)C(=O)[C@@H](N)CCc1ccccc1. The fourth-order valence-corrected chi connectivity index (χ4v) is 2.47. The Morgan fingerprint density at radius 1 is 1.42 bits per heavy atom. The van der Waals surface area contributed by atoms with E-state index in [1.165, 1.54) is 12.0 Å². The molecule has 1 amide bonds. The standard InChI is InChI=1S/C16H24N2O/c1-12-10-14(12)11-18(2)16(19)15(17)9-8-13-6-4-3-5-7-13/h3-7,12,14-15H,8-11,17H2,1-2H3/t12?,14?,15-/m0/s1. The lowest BCUT2D eigenvalue weighted by molar-refractivity contribution is -0.131. The molecular weight excluding hydrogens is 236 g/mol. The summed E-state index contributed by atoms with van der Waals surface area (Å²) in [7, 11) is 1.87. The van der Waals surface area contributed by atoms with Crippen molar-refractivity contribution in [1.29, 1.82) is 0 Å². The molecule has 0 bridgehead atoms. The summed E-state index contributed by atoms with van der Waals surface area (Å²) < 4.78 is 0. The summed E-state index contributed by atoms with van der Waals surface area (Å²) in [5.41, 5.74) is 7.25. The van der Waals surface area contributed by atoms with Crippen molar-refractivity contribution in [1.82, 2.24) is 4.90 Å². The second-order valence-corrected chi connectivity index (χ2v) is 5.82. The molecule has 1 aromatic carbocycles. The molecule has 2 unspecified atom stereocenters. The van der Waals surface area contributed by atoms with Crippen LogP contribution in [-0.2, 0) is 11.2 Å². The average Bonchev–Trinajstić information content (AvgIpc) is 3.11. The van der Waals surface area contributed by atoms with Crippen molar-refractivity contribution in [3.8, 4) is 0 Å². The Balaban J connectivity index is 1.75. The van der Waals surface area contributed by atoms with Crippen LogP contribution in [0.1, 0.15) is 25.3 Å². The predicted molar refractivity (Wildman–Crippen MR) is 77.6 cm³/mol. The van der Waals surface area contributed by atoms with Crippen molar-refractivity contribution < 1.29 is 4.79 Å². The molecule has 1 aliphatic rings. The molecule has 104 valence electrons. The highest BCUT2D eigenvalue weighted by Crippen LogP contribution is 2.37. The highest BCUT2D eigenvalue weighted by molar-refractivity contribution is 5.81. The van der Waals surface area contributed by atoms with Crippen LogP contribution < -0.4 is 5.73 Å². The topological polar surface area (TPSA) is 46.3 Å². The second-order valence-electron chi connectivity index (χ2n) is 5.82. The number of nitrogens with zero attached hydrogens (tertiary/aromatic N) is 1. The van der Waals surface area contributed by atoms with Gasteiger partial charge in [-0.25, -0.2) is 0 Å². The third-order valence-corrected chi connectivity index (χ3v) is 4.06. The molecule has 3 nitrogen and oxygen atoms in total. The van der Waals surface area contributed by atoms with Crippen LogP contribution >= 0.6 is 0 Å². The van der Waals surface area contributed by atoms with Gasteiger partial charge in [-0.15, -0.1) is 0 Å². The number of nitrogens with two attached hydrogens (primary N) is 1. The van der Waals surface area contributed by atoms with Crippen molar-refractivity contribution >= 4 is 5.91 Å². The van der Waals surface area contributed by atoms with Gasteiger partial charge in [0.05, 0.1) is 6.04 Å². The minimum Gasteiger partial charge on any atom is -0.344 e. The van der Waals surface area contributed by atoms with Crippen molar-refractivity contribution in [2.24, 2.45) is 17.6 Å². The maximum Gasteiger partial charge on any atom is 0.239 e. The van der Waals surface area contributed by atoms with E-state index in [2.05, 4.69) is 19.1 Å². The minimum absolute atomic E-state index is 0.0787. The molecule has 1 aromatic rings. The lowest BCUT2D eigenvalue weighted by atomic mass is 10.0. The Labute approximate surface area is 115 Å². The molecule has 0 spiro atoms. The van der Waals surface area contributed by atoms with Gasteiger partial charge in [-0.3, -0.25) is 4.79 Å². The summed E-state index contributed by atoms with van der Waals surface area (Å²) in [5, 5.41) is 0. The van der Waals surface area contributed by atoms with Crippen molar-refractivity contribution in [2.45, 2.75) is 32.2 Å². The van der Waals surface area contributed by atoms with E-state index in [1.807, 2.05) is 30.1 Å². The van der Waals surface area contributed by atoms with E-state index in [1.54, 1.807) is 0 Å². The predicted octanol–water partition coefficient (Wildman–Crippen LogP) is 2.06. The lowest BCUT2D eigenvalue weighted by Gasteiger charge is -2.21. The number of benzene rings is 1. The van der Waals surface area contributed by atoms with Gasteiger partial charge in [0.1, 0.15) is 0 Å². The molecule has 1 aliphatic carbocycles. The van der Waals surface area contributed by atoms with Gasteiger partial charge < -0.3 is 10.6 Å². The molecule has 3 heteroatoms. The summed E-state index contributed by atoms with van der Waals surface area (Å²) in [5.74, 6) is 1.54. The normalized spacial score (nSPS) is 22.9. The van der Waals surface area contributed by atoms with E-state index in [4.69, 9.17) is 5.73 Å². The van der Waals surface area contributed by atoms with Gasteiger partial charge in [-0.2, -0.15) is 0 Å². The van der Waals surface area contributed by atoms with Crippen molar-refractivity contribution in [3.63, 3.8) is 0 Å². The second kappa shape index (κ2) is 6.20. The number of rotatable bonds is 6. The van der Waals surface area contributed by atoms with E-state index in [-0.39, 0.29) is 11.9 Å². The third-order valence-electron chi connectivity index (χ3n) is 4.06. The summed E-state index contributed by atoms with van der Waals surface area (Å²) in [6.07, 6.45) is 2.83. The smallest absolute Gasteiger partial charge is 0.239 e. The molecular formula is C16H24N2O. The highest BCUT2D eigenvalue weighted by atomic mass is 16.2. The highest BCUT2D eigenvalue weighted by Gasteiger charge is 2.34. The molecule has 0 aromatic heterocycles. The van der Waals surface area contributed by atoms with Crippen LogP contribution in [-0.4, -0.2) is 30.4 Å². The Morgan fingerprint density at radius 3 is 2.63 bits per heavy atom. The van der Waals surface area contributed by atoms with Gasteiger partial charge in [-0.05, 0) is 36.7 Å². The summed E-state index contributed by atoms with van der Waals surface area (Å²) >= 11 is 0. The largest absolute Gasteiger partial charge is 0.344 e. The molecule has 2 N–H and O–H groups in total. The van der Waals surface area contributed by atoms with Crippen LogP contribution in [0.3, 0.4) is 0 Å². The number of amides is 1. The Hall–Kier alpha value is -1.35. The zero-order chi connectivity index (χ0) is 13.8. The summed E-state index contributed by atoms with van der Waals surface area (Å²) in [6.45, 7) is 3.09. The molecule has 0 radical (unpaired) electrons. The number of carbonyl (C=O) groups excluding carboxylic acids is 1. The fraction of sp³-hybridized carbons (Fsp3) is 0.562. The Morgan fingerprint density at radius 2 is 2.05 bits per heavy atom. The van der Waals surface area contributed by atoms with Crippen LogP contribution in [0.25, 0.3) is 0 Å². The number of aryl methyl sites for hydroxylation is 1. The molecule has 1 saturated carbocycles. The molecule has 0 heterocycles. The molecule has 0 saturated heterocycles. The Bertz CT molecular complexity index is 418. The van der Waals surface area contributed by atoms with Crippen molar-refractivity contribution in [3.05, 3.63) is 35.9 Å². The zero-order valence-electron chi connectivity index (χ0n) is 11.9. The fourth-order valence-electron chi connectivity index (χ4n) is 2.47. The number of carbonyl (C=O) groups is 1. The van der Waals surface area contributed by atoms with Gasteiger partial charge >= 0.3 is 0 Å². The summed E-state index contributed by atoms with van der Waals surface area (Å²) in [6, 6.07) is 9.81. The first-order valence-electron chi connectivity index (χ1n) is 7.12. The molecule has 2 rings (SSSR count). The van der Waals surface area contributed by atoms with E-state index in [9.17, 15) is 4.79 Å². The number of likely N-dealkylation sites (N-methyl/N-ethyl adjacent to an activating group) is 1. The minimum atomic E-state index is -0.376. The van der Waals surface area contributed by atoms with E-state index < -0.39 is 0 Å².